The van der Waals surface area contributed by atoms with Crippen molar-refractivity contribution in [3.05, 3.63) is 95.4 Å². The SMILES string of the molecule is Cc1ccc(S(=O)(=O)Cc2nc(-c3ccc(C(=O)NCc4cnccn4)cc3)oc2C)cc1. The summed E-state index contributed by atoms with van der Waals surface area (Å²) >= 11 is 0. The van der Waals surface area contributed by atoms with Gasteiger partial charge in [-0.2, -0.15) is 0 Å². The lowest BCUT2D eigenvalue weighted by molar-refractivity contribution is 0.0950. The van der Waals surface area contributed by atoms with Crippen molar-refractivity contribution >= 4 is 15.7 Å². The van der Waals surface area contributed by atoms with Crippen LogP contribution < -0.4 is 5.32 Å². The van der Waals surface area contributed by atoms with Crippen molar-refractivity contribution in [1.29, 1.82) is 0 Å². The molecule has 0 atom stereocenters. The van der Waals surface area contributed by atoms with Crippen molar-refractivity contribution in [2.45, 2.75) is 31.0 Å². The largest absolute Gasteiger partial charge is 0.441 e. The lowest BCUT2D eigenvalue weighted by atomic mass is 10.1. The van der Waals surface area contributed by atoms with Gasteiger partial charge in [-0.3, -0.25) is 14.8 Å². The molecule has 1 amide bonds. The van der Waals surface area contributed by atoms with Crippen LogP contribution in [0.3, 0.4) is 0 Å². The van der Waals surface area contributed by atoms with Gasteiger partial charge in [0.15, 0.2) is 9.84 Å². The molecule has 2 aromatic carbocycles. The van der Waals surface area contributed by atoms with Crippen molar-refractivity contribution in [2.24, 2.45) is 0 Å². The summed E-state index contributed by atoms with van der Waals surface area (Å²) in [6, 6.07) is 13.4. The van der Waals surface area contributed by atoms with Gasteiger partial charge in [-0.15, -0.1) is 0 Å². The first kappa shape index (κ1) is 22.3. The van der Waals surface area contributed by atoms with E-state index in [0.717, 1.165) is 5.56 Å². The van der Waals surface area contributed by atoms with Gasteiger partial charge in [0, 0.05) is 23.5 Å². The van der Waals surface area contributed by atoms with E-state index >= 15 is 0 Å². The molecule has 0 unspecified atom stereocenters. The van der Waals surface area contributed by atoms with Crippen LogP contribution in [0.5, 0.6) is 0 Å². The van der Waals surface area contributed by atoms with Gasteiger partial charge in [0.05, 0.1) is 29.0 Å². The summed E-state index contributed by atoms with van der Waals surface area (Å²) in [6.07, 6.45) is 4.72. The maximum Gasteiger partial charge on any atom is 0.251 e. The van der Waals surface area contributed by atoms with E-state index in [0.29, 0.717) is 34.2 Å². The number of hydrogen-bond acceptors (Lipinski definition) is 7. The third kappa shape index (κ3) is 5.32. The molecular weight excluding hydrogens is 440 g/mol. The van der Waals surface area contributed by atoms with Gasteiger partial charge < -0.3 is 9.73 Å². The minimum Gasteiger partial charge on any atom is -0.441 e. The van der Waals surface area contributed by atoms with Crippen LogP contribution in [0, 0.1) is 13.8 Å². The van der Waals surface area contributed by atoms with E-state index in [1.165, 1.54) is 0 Å². The van der Waals surface area contributed by atoms with Crippen molar-refractivity contribution < 1.29 is 17.6 Å². The van der Waals surface area contributed by atoms with E-state index in [9.17, 15) is 13.2 Å². The highest BCUT2D eigenvalue weighted by atomic mass is 32.2. The van der Waals surface area contributed by atoms with Crippen molar-refractivity contribution in [1.82, 2.24) is 20.3 Å². The second-order valence-electron chi connectivity index (χ2n) is 7.55. The fraction of sp³-hybridized carbons (Fsp3) is 0.167. The Kier molecular flexibility index (Phi) is 6.32. The Morgan fingerprint density at radius 3 is 2.39 bits per heavy atom. The number of carbonyl (C=O) groups excluding carboxylic acids is 1. The fourth-order valence-electron chi connectivity index (χ4n) is 3.15. The number of aromatic nitrogens is 3. The second-order valence-corrected chi connectivity index (χ2v) is 9.54. The molecule has 33 heavy (non-hydrogen) atoms. The molecule has 0 saturated heterocycles. The number of nitrogens with zero attached hydrogens (tertiary/aromatic N) is 3. The number of carbonyl (C=O) groups is 1. The molecule has 0 spiro atoms. The number of rotatable bonds is 7. The number of benzene rings is 2. The molecule has 4 aromatic rings. The molecule has 0 bridgehead atoms. The molecule has 168 valence electrons. The van der Waals surface area contributed by atoms with Crippen LogP contribution >= 0.6 is 0 Å². The highest BCUT2D eigenvalue weighted by Crippen LogP contribution is 2.25. The fourth-order valence-corrected chi connectivity index (χ4v) is 4.50. The number of sulfone groups is 1. The molecule has 2 heterocycles. The van der Waals surface area contributed by atoms with E-state index in [-0.39, 0.29) is 23.1 Å². The Hall–Kier alpha value is -3.85. The Balaban J connectivity index is 1.46. The van der Waals surface area contributed by atoms with Crippen molar-refractivity contribution in [3.8, 4) is 11.5 Å². The first-order valence-electron chi connectivity index (χ1n) is 10.2. The van der Waals surface area contributed by atoms with E-state index in [4.69, 9.17) is 4.42 Å². The maximum atomic E-state index is 12.8. The summed E-state index contributed by atoms with van der Waals surface area (Å²) in [4.78, 5) is 25.1. The normalized spacial score (nSPS) is 11.3. The maximum absolute atomic E-state index is 12.8. The van der Waals surface area contributed by atoms with Gasteiger partial charge in [-0.25, -0.2) is 13.4 Å². The second kappa shape index (κ2) is 9.33. The van der Waals surface area contributed by atoms with Gasteiger partial charge in [0.2, 0.25) is 5.89 Å². The lowest BCUT2D eigenvalue weighted by Gasteiger charge is -2.05. The molecule has 2 aromatic heterocycles. The summed E-state index contributed by atoms with van der Waals surface area (Å²) in [5.74, 6) is 0.231. The summed E-state index contributed by atoms with van der Waals surface area (Å²) < 4.78 is 31.2. The number of amides is 1. The highest BCUT2D eigenvalue weighted by molar-refractivity contribution is 7.90. The summed E-state index contributed by atoms with van der Waals surface area (Å²) in [7, 11) is -3.55. The average Bonchev–Trinajstić information content (AvgIpc) is 3.18. The van der Waals surface area contributed by atoms with Gasteiger partial charge in [-0.1, -0.05) is 17.7 Å². The minimum atomic E-state index is -3.55. The zero-order chi connectivity index (χ0) is 23.4. The molecule has 0 saturated carbocycles. The van der Waals surface area contributed by atoms with Gasteiger partial charge in [0.25, 0.3) is 5.91 Å². The Bertz CT molecular complexity index is 1360. The quantitative estimate of drug-likeness (QED) is 0.446. The van der Waals surface area contributed by atoms with Crippen molar-refractivity contribution in [2.75, 3.05) is 0 Å². The Morgan fingerprint density at radius 2 is 1.73 bits per heavy atom. The van der Waals surface area contributed by atoms with Gasteiger partial charge >= 0.3 is 0 Å². The van der Waals surface area contributed by atoms with Crippen LogP contribution in [-0.2, 0) is 22.1 Å². The molecule has 0 aliphatic carbocycles. The van der Waals surface area contributed by atoms with Crippen LogP contribution in [0.4, 0.5) is 0 Å². The van der Waals surface area contributed by atoms with E-state index in [1.807, 2.05) is 6.92 Å². The molecule has 0 radical (unpaired) electrons. The average molecular weight is 463 g/mol. The molecule has 8 nitrogen and oxygen atoms in total. The Morgan fingerprint density at radius 1 is 1.00 bits per heavy atom. The third-order valence-electron chi connectivity index (χ3n) is 5.04. The summed E-state index contributed by atoms with van der Waals surface area (Å²) in [5.41, 5.74) is 3.11. The molecule has 0 fully saturated rings. The number of aryl methyl sites for hydroxylation is 2. The number of nitrogens with one attached hydrogen (secondary N) is 1. The first-order valence-corrected chi connectivity index (χ1v) is 11.9. The predicted molar refractivity (Wildman–Crippen MR) is 122 cm³/mol. The van der Waals surface area contributed by atoms with E-state index < -0.39 is 9.84 Å². The van der Waals surface area contributed by atoms with Crippen LogP contribution in [0.1, 0.15) is 33.1 Å². The van der Waals surface area contributed by atoms with Gasteiger partial charge in [-0.05, 0) is 50.2 Å². The molecule has 0 aliphatic rings. The molecule has 4 rings (SSSR count). The zero-order valence-corrected chi connectivity index (χ0v) is 19.0. The van der Waals surface area contributed by atoms with Crippen LogP contribution in [0.15, 0.2) is 76.4 Å². The molecule has 1 N–H and O–H groups in total. The third-order valence-corrected chi connectivity index (χ3v) is 6.68. The van der Waals surface area contributed by atoms with Crippen LogP contribution in [-0.4, -0.2) is 29.3 Å². The predicted octanol–water partition coefficient (Wildman–Crippen LogP) is 3.65. The molecular formula is C24H22N4O4S. The van der Waals surface area contributed by atoms with Gasteiger partial charge in [0.1, 0.15) is 11.5 Å². The van der Waals surface area contributed by atoms with Crippen LogP contribution in [0.25, 0.3) is 11.5 Å². The summed E-state index contributed by atoms with van der Waals surface area (Å²) in [5, 5.41) is 2.79. The smallest absolute Gasteiger partial charge is 0.251 e. The Labute approximate surface area is 191 Å². The standard InChI is InChI=1S/C24H22N4O4S/c1-16-3-9-21(10-4-16)33(30,31)15-22-17(2)32-24(28-22)19-7-5-18(6-8-19)23(29)27-14-20-13-25-11-12-26-20/h3-13H,14-15H2,1-2H3,(H,27,29). The number of hydrogen-bond donors (Lipinski definition) is 1. The first-order chi connectivity index (χ1) is 15.8. The minimum absolute atomic E-state index is 0.244. The van der Waals surface area contributed by atoms with Crippen LogP contribution in [0.2, 0.25) is 0 Å². The zero-order valence-electron chi connectivity index (χ0n) is 18.1. The lowest BCUT2D eigenvalue weighted by Crippen LogP contribution is -2.23. The van der Waals surface area contributed by atoms with E-state index in [1.54, 1.807) is 74.0 Å². The van der Waals surface area contributed by atoms with Crippen molar-refractivity contribution in [3.63, 3.8) is 0 Å². The van der Waals surface area contributed by atoms with E-state index in [2.05, 4.69) is 20.3 Å². The topological polar surface area (TPSA) is 115 Å². The molecule has 9 heteroatoms. The monoisotopic (exact) mass is 462 g/mol. The molecule has 0 aliphatic heterocycles. The summed E-state index contributed by atoms with van der Waals surface area (Å²) in [6.45, 7) is 3.86. The highest BCUT2D eigenvalue weighted by Gasteiger charge is 2.21. The number of oxazole rings is 1.